The Bertz CT molecular complexity index is 842. The van der Waals surface area contributed by atoms with Crippen LogP contribution >= 0.6 is 0 Å². The van der Waals surface area contributed by atoms with Crippen LogP contribution in [0.25, 0.3) is 5.69 Å². The average molecular weight is 341 g/mol. The second kappa shape index (κ2) is 7.07. The Balaban J connectivity index is 1.70. The van der Waals surface area contributed by atoms with E-state index in [9.17, 15) is 4.79 Å². The van der Waals surface area contributed by atoms with Crippen LogP contribution in [0.5, 0.6) is 0 Å². The molecule has 0 aliphatic rings. The molecule has 0 aliphatic heterocycles. The first kappa shape index (κ1) is 16.6. The Morgan fingerprint density at radius 3 is 2.80 bits per heavy atom. The highest BCUT2D eigenvalue weighted by Gasteiger charge is 2.12. The minimum Gasteiger partial charge on any atom is -0.334 e. The fourth-order valence-corrected chi connectivity index (χ4v) is 2.42. The number of carbonyl (C=O) groups excluding carboxylic acids is 1. The number of benzene rings is 1. The molecule has 3 rings (SSSR count). The van der Waals surface area contributed by atoms with Gasteiger partial charge in [0.25, 0.3) is 0 Å². The number of amides is 2. The minimum atomic E-state index is -0.288. The van der Waals surface area contributed by atoms with E-state index < -0.39 is 0 Å². The summed E-state index contributed by atoms with van der Waals surface area (Å²) in [6.07, 6.45) is 4.58. The van der Waals surface area contributed by atoms with Crippen molar-refractivity contribution in [2.75, 3.05) is 5.32 Å². The van der Waals surface area contributed by atoms with E-state index in [0.717, 1.165) is 16.8 Å². The number of carbonyl (C=O) groups is 1. The summed E-state index contributed by atoms with van der Waals surface area (Å²) in [5, 5.41) is 20.9. The van der Waals surface area contributed by atoms with Crippen LogP contribution in [0.2, 0.25) is 0 Å². The Kier molecular flexibility index (Phi) is 4.68. The smallest absolute Gasteiger partial charge is 0.319 e. The fraction of sp³-hybridized carbons (Fsp3) is 0.333. The standard InChI is InChI=1S/C15H19N9O/c1-10-4-13(24-9-17-21-22-24)5-14(12(10)3)20-15(25)19-11(2)6-23-8-16-7-18-23/h4-5,7-9,11H,6H2,1-3H3,(H2,19,20,25)/t11-/m0/s1. The van der Waals surface area contributed by atoms with Crippen molar-refractivity contribution >= 4 is 11.7 Å². The molecule has 2 aromatic heterocycles. The lowest BCUT2D eigenvalue weighted by atomic mass is 10.1. The molecule has 10 nitrogen and oxygen atoms in total. The molecule has 2 N–H and O–H groups in total. The quantitative estimate of drug-likeness (QED) is 0.717. The SMILES string of the molecule is Cc1cc(-n2cnnn2)cc(NC(=O)N[C@@H](C)Cn2cncn2)c1C. The number of nitrogens with one attached hydrogen (secondary N) is 2. The van der Waals surface area contributed by atoms with Crippen LogP contribution in [0.3, 0.4) is 0 Å². The van der Waals surface area contributed by atoms with E-state index in [1.807, 2.05) is 32.9 Å². The van der Waals surface area contributed by atoms with E-state index in [2.05, 4.69) is 36.2 Å². The van der Waals surface area contributed by atoms with Gasteiger partial charge in [-0.2, -0.15) is 5.10 Å². The van der Waals surface area contributed by atoms with Crippen molar-refractivity contribution in [2.45, 2.75) is 33.4 Å². The van der Waals surface area contributed by atoms with Gasteiger partial charge in [-0.05, 0) is 54.5 Å². The van der Waals surface area contributed by atoms with Crippen molar-refractivity contribution in [3.63, 3.8) is 0 Å². The molecule has 0 radical (unpaired) electrons. The summed E-state index contributed by atoms with van der Waals surface area (Å²) >= 11 is 0. The Morgan fingerprint density at radius 2 is 2.12 bits per heavy atom. The predicted octanol–water partition coefficient (Wildman–Crippen LogP) is 1.08. The molecule has 0 saturated heterocycles. The zero-order chi connectivity index (χ0) is 17.8. The lowest BCUT2D eigenvalue weighted by Gasteiger charge is -2.17. The molecule has 1 aromatic carbocycles. The molecular formula is C15H19N9O. The van der Waals surface area contributed by atoms with Gasteiger partial charge in [0.1, 0.15) is 19.0 Å². The molecule has 1 atom stereocenters. The van der Waals surface area contributed by atoms with Gasteiger partial charge in [-0.15, -0.1) is 5.10 Å². The molecule has 2 amide bonds. The number of nitrogens with zero attached hydrogens (tertiary/aromatic N) is 7. The highest BCUT2D eigenvalue weighted by molar-refractivity contribution is 5.90. The first-order chi connectivity index (χ1) is 12.0. The molecule has 25 heavy (non-hydrogen) atoms. The highest BCUT2D eigenvalue weighted by atomic mass is 16.2. The summed E-state index contributed by atoms with van der Waals surface area (Å²) < 4.78 is 3.21. The van der Waals surface area contributed by atoms with Gasteiger partial charge >= 0.3 is 6.03 Å². The van der Waals surface area contributed by atoms with Crippen molar-refractivity contribution in [1.82, 2.24) is 40.3 Å². The van der Waals surface area contributed by atoms with E-state index in [0.29, 0.717) is 12.2 Å². The van der Waals surface area contributed by atoms with E-state index in [1.165, 1.54) is 12.7 Å². The summed E-state index contributed by atoms with van der Waals surface area (Å²) in [4.78, 5) is 16.2. The Hall–Kier alpha value is -3.30. The van der Waals surface area contributed by atoms with Crippen molar-refractivity contribution < 1.29 is 4.79 Å². The van der Waals surface area contributed by atoms with Gasteiger partial charge in [0.15, 0.2) is 0 Å². The minimum absolute atomic E-state index is 0.106. The number of hydrogen-bond donors (Lipinski definition) is 2. The summed E-state index contributed by atoms with van der Waals surface area (Å²) in [5.74, 6) is 0. The summed E-state index contributed by atoms with van der Waals surface area (Å²) in [6.45, 7) is 6.36. The van der Waals surface area contributed by atoms with Crippen LogP contribution in [-0.4, -0.2) is 47.0 Å². The average Bonchev–Trinajstić information content (AvgIpc) is 3.24. The molecule has 0 spiro atoms. The maximum Gasteiger partial charge on any atom is 0.319 e. The molecule has 0 bridgehead atoms. The van der Waals surface area contributed by atoms with Gasteiger partial charge in [-0.25, -0.2) is 14.5 Å². The monoisotopic (exact) mass is 341 g/mol. The first-order valence-electron chi connectivity index (χ1n) is 7.77. The van der Waals surface area contributed by atoms with Gasteiger partial charge < -0.3 is 10.6 Å². The molecule has 130 valence electrons. The van der Waals surface area contributed by atoms with Gasteiger partial charge in [0, 0.05) is 11.7 Å². The lowest BCUT2D eigenvalue weighted by Crippen LogP contribution is -2.38. The van der Waals surface area contributed by atoms with Crippen molar-refractivity contribution in [1.29, 1.82) is 0 Å². The number of aryl methyl sites for hydroxylation is 1. The maximum atomic E-state index is 12.3. The fourth-order valence-electron chi connectivity index (χ4n) is 2.42. The molecule has 3 aromatic rings. The largest absolute Gasteiger partial charge is 0.334 e. The van der Waals surface area contributed by atoms with Crippen LogP contribution in [0.15, 0.2) is 31.1 Å². The van der Waals surface area contributed by atoms with Crippen LogP contribution < -0.4 is 10.6 Å². The lowest BCUT2D eigenvalue weighted by molar-refractivity contribution is 0.247. The van der Waals surface area contributed by atoms with Gasteiger partial charge in [-0.1, -0.05) is 0 Å². The summed E-state index contributed by atoms with van der Waals surface area (Å²) in [7, 11) is 0. The normalized spacial score (nSPS) is 12.0. The number of tetrazole rings is 1. The highest BCUT2D eigenvalue weighted by Crippen LogP contribution is 2.23. The number of urea groups is 1. The third-order valence-electron chi connectivity index (χ3n) is 3.82. The Morgan fingerprint density at radius 1 is 1.28 bits per heavy atom. The number of hydrogen-bond acceptors (Lipinski definition) is 6. The third-order valence-corrected chi connectivity index (χ3v) is 3.82. The zero-order valence-electron chi connectivity index (χ0n) is 14.2. The van der Waals surface area contributed by atoms with Crippen LogP contribution in [-0.2, 0) is 6.54 Å². The van der Waals surface area contributed by atoms with Crippen molar-refractivity contribution in [3.05, 3.63) is 42.2 Å². The van der Waals surface area contributed by atoms with Crippen molar-refractivity contribution in [3.8, 4) is 5.69 Å². The second-order valence-corrected chi connectivity index (χ2v) is 5.81. The van der Waals surface area contributed by atoms with Crippen LogP contribution in [0.1, 0.15) is 18.1 Å². The molecule has 0 unspecified atom stereocenters. The van der Waals surface area contributed by atoms with E-state index in [-0.39, 0.29) is 12.1 Å². The van der Waals surface area contributed by atoms with Gasteiger partial charge in [0.05, 0.1) is 12.2 Å². The second-order valence-electron chi connectivity index (χ2n) is 5.81. The van der Waals surface area contributed by atoms with Crippen LogP contribution in [0, 0.1) is 13.8 Å². The number of anilines is 1. The summed E-state index contributed by atoms with van der Waals surface area (Å²) in [6, 6.07) is 3.40. The third kappa shape index (κ3) is 3.97. The van der Waals surface area contributed by atoms with E-state index in [1.54, 1.807) is 15.7 Å². The molecule has 0 saturated carbocycles. The topological polar surface area (TPSA) is 115 Å². The molecule has 2 heterocycles. The number of rotatable bonds is 5. The maximum absolute atomic E-state index is 12.3. The molecule has 0 fully saturated rings. The Labute approximate surface area is 144 Å². The predicted molar refractivity (Wildman–Crippen MR) is 90.3 cm³/mol. The molecule has 10 heteroatoms. The number of aromatic nitrogens is 7. The van der Waals surface area contributed by atoms with Crippen molar-refractivity contribution in [2.24, 2.45) is 0 Å². The zero-order valence-corrected chi connectivity index (χ0v) is 14.2. The van der Waals surface area contributed by atoms with E-state index >= 15 is 0 Å². The molecule has 0 aliphatic carbocycles. The first-order valence-corrected chi connectivity index (χ1v) is 7.77. The molecular weight excluding hydrogens is 322 g/mol. The van der Waals surface area contributed by atoms with Gasteiger partial charge in [0.2, 0.25) is 0 Å². The summed E-state index contributed by atoms with van der Waals surface area (Å²) in [5.41, 5.74) is 3.49. The van der Waals surface area contributed by atoms with E-state index in [4.69, 9.17) is 0 Å². The van der Waals surface area contributed by atoms with Gasteiger partial charge in [-0.3, -0.25) is 4.68 Å². The van der Waals surface area contributed by atoms with Crippen LogP contribution in [0.4, 0.5) is 10.5 Å².